The molecule has 3 aromatic rings. The number of fused-ring (bicyclic) bond motifs is 1. The lowest BCUT2D eigenvalue weighted by Crippen LogP contribution is -2.22. The summed E-state index contributed by atoms with van der Waals surface area (Å²) in [5.41, 5.74) is 1.82. The Balaban J connectivity index is 2.08. The molecular formula is C16H16FNS2. The number of thiophene rings is 2. The highest BCUT2D eigenvalue weighted by Gasteiger charge is 2.19. The highest BCUT2D eigenvalue weighted by atomic mass is 32.1. The highest BCUT2D eigenvalue weighted by molar-refractivity contribution is 7.27. The van der Waals surface area contributed by atoms with E-state index in [1.54, 1.807) is 28.7 Å². The summed E-state index contributed by atoms with van der Waals surface area (Å²) >= 11 is 3.48. The monoisotopic (exact) mass is 305 g/mol. The number of rotatable bonds is 4. The van der Waals surface area contributed by atoms with E-state index in [0.29, 0.717) is 0 Å². The van der Waals surface area contributed by atoms with Crippen LogP contribution in [0.2, 0.25) is 0 Å². The molecule has 3 rings (SSSR count). The summed E-state index contributed by atoms with van der Waals surface area (Å²) in [6.45, 7) is 4.86. The highest BCUT2D eigenvalue weighted by Crippen LogP contribution is 2.36. The van der Waals surface area contributed by atoms with E-state index in [-0.39, 0.29) is 11.9 Å². The summed E-state index contributed by atoms with van der Waals surface area (Å²) in [7, 11) is 0. The number of nitrogens with one attached hydrogen (secondary N) is 1. The zero-order valence-electron chi connectivity index (χ0n) is 11.4. The van der Waals surface area contributed by atoms with Crippen molar-refractivity contribution in [3.05, 3.63) is 57.5 Å². The van der Waals surface area contributed by atoms with Crippen molar-refractivity contribution in [1.82, 2.24) is 5.32 Å². The van der Waals surface area contributed by atoms with E-state index in [2.05, 4.69) is 29.8 Å². The first-order valence-electron chi connectivity index (χ1n) is 6.65. The molecule has 0 aliphatic heterocycles. The molecule has 1 atom stereocenters. The lowest BCUT2D eigenvalue weighted by Gasteiger charge is -2.18. The second kappa shape index (κ2) is 5.64. The Morgan fingerprint density at radius 1 is 1.20 bits per heavy atom. The third-order valence-corrected chi connectivity index (χ3v) is 5.47. The van der Waals surface area contributed by atoms with Gasteiger partial charge in [0.2, 0.25) is 0 Å². The van der Waals surface area contributed by atoms with Gasteiger partial charge in [-0.25, -0.2) is 4.39 Å². The SMILES string of the molecule is CCNC(c1cc2sccc2s1)c1cc(C)ccc1F. The van der Waals surface area contributed by atoms with Gasteiger partial charge in [0.15, 0.2) is 0 Å². The van der Waals surface area contributed by atoms with Gasteiger partial charge in [-0.05, 0) is 37.0 Å². The minimum absolute atomic E-state index is 0.0653. The molecule has 0 aliphatic rings. The Hall–Kier alpha value is -1.23. The fourth-order valence-corrected chi connectivity index (χ4v) is 4.59. The van der Waals surface area contributed by atoms with Crippen LogP contribution >= 0.6 is 22.7 Å². The Bertz CT molecular complexity index is 700. The fourth-order valence-electron chi connectivity index (χ4n) is 2.38. The molecule has 1 nitrogen and oxygen atoms in total. The minimum Gasteiger partial charge on any atom is -0.306 e. The van der Waals surface area contributed by atoms with Gasteiger partial charge in [0, 0.05) is 19.8 Å². The van der Waals surface area contributed by atoms with Gasteiger partial charge in [-0.3, -0.25) is 0 Å². The zero-order valence-corrected chi connectivity index (χ0v) is 13.1. The van der Waals surface area contributed by atoms with Crippen molar-refractivity contribution >= 4 is 32.1 Å². The molecule has 0 fully saturated rings. The van der Waals surface area contributed by atoms with Gasteiger partial charge in [-0.1, -0.05) is 24.6 Å². The molecule has 0 radical (unpaired) electrons. The second-order valence-electron chi connectivity index (χ2n) is 4.81. The van der Waals surface area contributed by atoms with Gasteiger partial charge in [0.1, 0.15) is 5.82 Å². The molecule has 0 spiro atoms. The molecule has 0 saturated carbocycles. The Kier molecular flexibility index (Phi) is 3.87. The van der Waals surface area contributed by atoms with Crippen LogP contribution in [-0.4, -0.2) is 6.54 Å². The summed E-state index contributed by atoms with van der Waals surface area (Å²) in [6, 6.07) is 9.56. The Morgan fingerprint density at radius 2 is 2.05 bits per heavy atom. The van der Waals surface area contributed by atoms with Gasteiger partial charge in [0.25, 0.3) is 0 Å². The van der Waals surface area contributed by atoms with Gasteiger partial charge in [-0.2, -0.15) is 0 Å². The van der Waals surface area contributed by atoms with Crippen LogP contribution in [-0.2, 0) is 0 Å². The Labute approximate surface area is 126 Å². The normalized spacial score (nSPS) is 12.9. The van der Waals surface area contributed by atoms with Crippen LogP contribution in [0.4, 0.5) is 4.39 Å². The third kappa shape index (κ3) is 2.51. The largest absolute Gasteiger partial charge is 0.306 e. The van der Waals surface area contributed by atoms with Crippen molar-refractivity contribution in [2.24, 2.45) is 0 Å². The van der Waals surface area contributed by atoms with Crippen molar-refractivity contribution in [2.45, 2.75) is 19.9 Å². The van der Waals surface area contributed by atoms with Crippen molar-refractivity contribution in [1.29, 1.82) is 0 Å². The predicted octanol–water partition coefficient (Wildman–Crippen LogP) is 5.11. The van der Waals surface area contributed by atoms with Gasteiger partial charge < -0.3 is 5.32 Å². The lowest BCUT2D eigenvalue weighted by molar-refractivity contribution is 0.562. The van der Waals surface area contributed by atoms with E-state index in [1.807, 2.05) is 19.1 Å². The molecule has 1 unspecified atom stereocenters. The maximum atomic E-state index is 14.2. The molecule has 2 aromatic heterocycles. The molecule has 1 N–H and O–H groups in total. The first-order chi connectivity index (χ1) is 9.69. The molecule has 4 heteroatoms. The van der Waals surface area contributed by atoms with Crippen molar-refractivity contribution < 1.29 is 4.39 Å². The number of hydrogen-bond acceptors (Lipinski definition) is 3. The maximum absolute atomic E-state index is 14.2. The summed E-state index contributed by atoms with van der Waals surface area (Å²) in [6.07, 6.45) is 0. The number of aryl methyl sites for hydroxylation is 1. The standard InChI is InChI=1S/C16H16FNS2/c1-3-18-16(11-8-10(2)4-5-12(11)17)15-9-14-13(20-15)6-7-19-14/h4-9,16,18H,3H2,1-2H3. The van der Waals surface area contributed by atoms with Gasteiger partial charge in [0.05, 0.1) is 6.04 Å². The van der Waals surface area contributed by atoms with Crippen molar-refractivity contribution in [2.75, 3.05) is 6.54 Å². The molecule has 0 aliphatic carbocycles. The van der Waals surface area contributed by atoms with Crippen molar-refractivity contribution in [3.63, 3.8) is 0 Å². The first kappa shape index (κ1) is 13.7. The molecule has 104 valence electrons. The first-order valence-corrected chi connectivity index (χ1v) is 8.35. The number of hydrogen-bond donors (Lipinski definition) is 1. The zero-order chi connectivity index (χ0) is 14.1. The molecule has 1 aromatic carbocycles. The summed E-state index contributed by atoms with van der Waals surface area (Å²) in [5, 5.41) is 5.51. The van der Waals surface area contributed by atoms with Gasteiger partial charge >= 0.3 is 0 Å². The molecular weight excluding hydrogens is 289 g/mol. The molecule has 20 heavy (non-hydrogen) atoms. The van der Waals surface area contributed by atoms with E-state index in [0.717, 1.165) is 17.7 Å². The third-order valence-electron chi connectivity index (χ3n) is 3.31. The van der Waals surface area contributed by atoms with Crippen LogP contribution in [0.25, 0.3) is 9.40 Å². The van der Waals surface area contributed by atoms with Crippen LogP contribution in [0.3, 0.4) is 0 Å². The van der Waals surface area contributed by atoms with Gasteiger partial charge in [-0.15, -0.1) is 22.7 Å². The topological polar surface area (TPSA) is 12.0 Å². The summed E-state index contributed by atoms with van der Waals surface area (Å²) in [4.78, 5) is 1.18. The minimum atomic E-state index is -0.140. The van der Waals surface area contributed by atoms with Crippen molar-refractivity contribution in [3.8, 4) is 0 Å². The second-order valence-corrected chi connectivity index (χ2v) is 6.88. The Morgan fingerprint density at radius 3 is 2.80 bits per heavy atom. The van der Waals surface area contributed by atoms with E-state index < -0.39 is 0 Å². The summed E-state index contributed by atoms with van der Waals surface area (Å²) in [5.74, 6) is -0.140. The smallest absolute Gasteiger partial charge is 0.128 e. The predicted molar refractivity (Wildman–Crippen MR) is 86.4 cm³/mol. The van der Waals surface area contributed by atoms with Crippen LogP contribution in [0.15, 0.2) is 35.7 Å². The number of benzene rings is 1. The fraction of sp³-hybridized carbons (Fsp3) is 0.250. The molecule has 0 amide bonds. The van der Waals surface area contributed by atoms with E-state index in [9.17, 15) is 4.39 Å². The van der Waals surface area contributed by atoms with E-state index >= 15 is 0 Å². The summed E-state index contributed by atoms with van der Waals surface area (Å²) < 4.78 is 16.7. The molecule has 2 heterocycles. The van der Waals surface area contributed by atoms with E-state index in [1.165, 1.54) is 14.3 Å². The van der Waals surface area contributed by atoms with Crippen LogP contribution in [0, 0.1) is 12.7 Å². The number of halogens is 1. The molecule has 0 saturated heterocycles. The lowest BCUT2D eigenvalue weighted by atomic mass is 10.0. The van der Waals surface area contributed by atoms with E-state index in [4.69, 9.17) is 0 Å². The quantitative estimate of drug-likeness (QED) is 0.706. The average Bonchev–Trinajstić information content (AvgIpc) is 3.00. The van der Waals surface area contributed by atoms with Crippen LogP contribution < -0.4 is 5.32 Å². The maximum Gasteiger partial charge on any atom is 0.128 e. The van der Waals surface area contributed by atoms with Crippen LogP contribution in [0.5, 0.6) is 0 Å². The molecule has 0 bridgehead atoms. The average molecular weight is 305 g/mol. The van der Waals surface area contributed by atoms with Crippen LogP contribution in [0.1, 0.15) is 29.0 Å².